The van der Waals surface area contributed by atoms with Crippen molar-refractivity contribution in [2.24, 2.45) is 0 Å². The van der Waals surface area contributed by atoms with Crippen LogP contribution in [0.1, 0.15) is 11.1 Å². The maximum absolute atomic E-state index is 9.08. The molecule has 3 heteroatoms. The van der Waals surface area contributed by atoms with Crippen molar-refractivity contribution in [2.45, 2.75) is 23.0 Å². The number of benzene rings is 2. The highest BCUT2D eigenvalue weighted by Gasteiger charge is 2.22. The predicted molar refractivity (Wildman–Crippen MR) is 82.5 cm³/mol. The Morgan fingerprint density at radius 1 is 1.10 bits per heavy atom. The van der Waals surface area contributed by atoms with Gasteiger partial charge in [-0.15, -0.1) is 11.8 Å². The summed E-state index contributed by atoms with van der Waals surface area (Å²) >= 11 is 1.90. The van der Waals surface area contributed by atoms with Crippen molar-refractivity contribution in [3.63, 3.8) is 0 Å². The highest BCUT2D eigenvalue weighted by molar-refractivity contribution is 8.00. The first-order valence-electron chi connectivity index (χ1n) is 6.93. The minimum absolute atomic E-state index is 0.157. The van der Waals surface area contributed by atoms with E-state index in [0.717, 1.165) is 17.7 Å². The van der Waals surface area contributed by atoms with Crippen LogP contribution < -0.4 is 4.74 Å². The number of ether oxygens (including phenoxy) is 1. The minimum atomic E-state index is 0.157. The zero-order valence-corrected chi connectivity index (χ0v) is 12.1. The van der Waals surface area contributed by atoms with Gasteiger partial charge in [-0.25, -0.2) is 0 Å². The monoisotopic (exact) mass is 286 g/mol. The third-order valence-corrected chi connectivity index (χ3v) is 4.78. The SMILES string of the molecule is OCCc1ccccc1OCC1Cc2ccccc2S1. The van der Waals surface area contributed by atoms with Crippen LogP contribution in [-0.4, -0.2) is 23.6 Å². The Bertz CT molecular complexity index is 558. The van der Waals surface area contributed by atoms with Crippen molar-refractivity contribution in [3.05, 3.63) is 59.7 Å². The molecule has 1 N–H and O–H groups in total. The smallest absolute Gasteiger partial charge is 0.122 e. The van der Waals surface area contributed by atoms with E-state index in [1.54, 1.807) is 0 Å². The van der Waals surface area contributed by atoms with Crippen molar-refractivity contribution in [1.29, 1.82) is 0 Å². The number of fused-ring (bicyclic) bond motifs is 1. The number of para-hydroxylation sites is 1. The van der Waals surface area contributed by atoms with Crippen LogP contribution in [-0.2, 0) is 12.8 Å². The van der Waals surface area contributed by atoms with Gasteiger partial charge in [0.05, 0.1) is 0 Å². The third-order valence-electron chi connectivity index (χ3n) is 3.49. The van der Waals surface area contributed by atoms with Crippen LogP contribution in [0.3, 0.4) is 0 Å². The second-order valence-electron chi connectivity index (χ2n) is 4.94. The molecule has 2 aromatic carbocycles. The first-order valence-corrected chi connectivity index (χ1v) is 7.81. The van der Waals surface area contributed by atoms with Crippen molar-refractivity contribution in [1.82, 2.24) is 0 Å². The lowest BCUT2D eigenvalue weighted by molar-refractivity contribution is 0.288. The number of hydrogen-bond acceptors (Lipinski definition) is 3. The number of hydrogen-bond donors (Lipinski definition) is 1. The Morgan fingerprint density at radius 2 is 1.90 bits per heavy atom. The fraction of sp³-hybridized carbons (Fsp3) is 0.294. The average molecular weight is 286 g/mol. The molecule has 20 heavy (non-hydrogen) atoms. The van der Waals surface area contributed by atoms with Gasteiger partial charge in [0.25, 0.3) is 0 Å². The van der Waals surface area contributed by atoms with Crippen molar-refractivity contribution < 1.29 is 9.84 Å². The molecule has 0 aromatic heterocycles. The lowest BCUT2D eigenvalue weighted by Gasteiger charge is -2.14. The molecule has 0 saturated carbocycles. The molecule has 0 fully saturated rings. The summed E-state index contributed by atoms with van der Waals surface area (Å²) in [5.74, 6) is 0.901. The maximum Gasteiger partial charge on any atom is 0.122 e. The number of aliphatic hydroxyl groups excluding tert-OH is 1. The normalized spacial score (nSPS) is 16.9. The van der Waals surface area contributed by atoms with Crippen LogP contribution >= 0.6 is 11.8 Å². The number of rotatable bonds is 5. The molecule has 0 aliphatic carbocycles. The Kier molecular flexibility index (Phi) is 4.28. The molecular formula is C17H18O2S. The van der Waals surface area contributed by atoms with Crippen molar-refractivity contribution in [2.75, 3.05) is 13.2 Å². The summed E-state index contributed by atoms with van der Waals surface area (Å²) in [5.41, 5.74) is 2.50. The largest absolute Gasteiger partial charge is 0.492 e. The van der Waals surface area contributed by atoms with Gasteiger partial charge in [0.2, 0.25) is 0 Å². The van der Waals surface area contributed by atoms with Gasteiger partial charge < -0.3 is 9.84 Å². The van der Waals surface area contributed by atoms with E-state index >= 15 is 0 Å². The summed E-state index contributed by atoms with van der Waals surface area (Å²) < 4.78 is 5.97. The quantitative estimate of drug-likeness (QED) is 0.914. The third kappa shape index (κ3) is 3.00. The first-order chi connectivity index (χ1) is 9.86. The molecule has 0 spiro atoms. The fourth-order valence-corrected chi connectivity index (χ4v) is 3.72. The summed E-state index contributed by atoms with van der Waals surface area (Å²) in [5, 5.41) is 9.56. The van der Waals surface area contributed by atoms with Gasteiger partial charge in [0, 0.05) is 16.8 Å². The molecule has 2 nitrogen and oxygen atoms in total. The molecular weight excluding hydrogens is 268 g/mol. The summed E-state index contributed by atoms with van der Waals surface area (Å²) in [4.78, 5) is 1.38. The van der Waals surface area contributed by atoms with E-state index in [2.05, 4.69) is 24.3 Å². The summed E-state index contributed by atoms with van der Waals surface area (Å²) in [6.07, 6.45) is 1.72. The second-order valence-corrected chi connectivity index (χ2v) is 6.29. The minimum Gasteiger partial charge on any atom is -0.492 e. The van der Waals surface area contributed by atoms with E-state index in [1.165, 1.54) is 10.5 Å². The van der Waals surface area contributed by atoms with E-state index in [1.807, 2.05) is 36.0 Å². The molecule has 1 aliphatic heterocycles. The fourth-order valence-electron chi connectivity index (χ4n) is 2.50. The van der Waals surface area contributed by atoms with Gasteiger partial charge in [-0.2, -0.15) is 0 Å². The van der Waals surface area contributed by atoms with Gasteiger partial charge in [-0.1, -0.05) is 36.4 Å². The summed E-state index contributed by atoms with van der Waals surface area (Å²) in [6.45, 7) is 0.867. The predicted octanol–water partition coefficient (Wildman–Crippen LogP) is 3.32. The molecule has 1 heterocycles. The van der Waals surface area contributed by atoms with Crippen LogP contribution in [0.2, 0.25) is 0 Å². The molecule has 0 bridgehead atoms. The Balaban J connectivity index is 1.61. The maximum atomic E-state index is 9.08. The van der Waals surface area contributed by atoms with E-state index in [-0.39, 0.29) is 6.61 Å². The van der Waals surface area contributed by atoms with E-state index in [0.29, 0.717) is 18.3 Å². The van der Waals surface area contributed by atoms with Crippen molar-refractivity contribution in [3.8, 4) is 5.75 Å². The second kappa shape index (κ2) is 6.33. The van der Waals surface area contributed by atoms with Crippen LogP contribution in [0.25, 0.3) is 0 Å². The standard InChI is InChI=1S/C17H18O2S/c18-10-9-13-5-1-3-7-16(13)19-12-15-11-14-6-2-4-8-17(14)20-15/h1-8,15,18H,9-12H2. The lowest BCUT2D eigenvalue weighted by atomic mass is 10.1. The highest BCUT2D eigenvalue weighted by Crippen LogP contribution is 2.37. The number of aliphatic hydroxyl groups is 1. The molecule has 1 aliphatic rings. The Morgan fingerprint density at radius 3 is 2.75 bits per heavy atom. The van der Waals surface area contributed by atoms with Crippen LogP contribution in [0.4, 0.5) is 0 Å². The molecule has 104 valence electrons. The topological polar surface area (TPSA) is 29.5 Å². The summed E-state index contributed by atoms with van der Waals surface area (Å²) in [6, 6.07) is 16.5. The van der Waals surface area contributed by atoms with Gasteiger partial charge in [0.15, 0.2) is 0 Å². The van der Waals surface area contributed by atoms with Crippen molar-refractivity contribution >= 4 is 11.8 Å². The van der Waals surface area contributed by atoms with E-state index in [4.69, 9.17) is 9.84 Å². The van der Waals surface area contributed by atoms with Gasteiger partial charge in [-0.05, 0) is 36.1 Å². The Hall–Kier alpha value is -1.45. The molecule has 0 amide bonds. The zero-order valence-electron chi connectivity index (χ0n) is 11.3. The Labute approximate surface area is 123 Å². The van der Waals surface area contributed by atoms with E-state index in [9.17, 15) is 0 Å². The summed E-state index contributed by atoms with van der Waals surface area (Å²) in [7, 11) is 0. The number of thioether (sulfide) groups is 1. The molecule has 1 atom stereocenters. The molecule has 3 rings (SSSR count). The van der Waals surface area contributed by atoms with Gasteiger partial charge in [0.1, 0.15) is 12.4 Å². The first kappa shape index (κ1) is 13.5. The molecule has 2 aromatic rings. The molecule has 1 unspecified atom stereocenters. The molecule has 0 radical (unpaired) electrons. The van der Waals surface area contributed by atoms with Crippen LogP contribution in [0.5, 0.6) is 5.75 Å². The van der Waals surface area contributed by atoms with Crippen LogP contribution in [0.15, 0.2) is 53.4 Å². The highest BCUT2D eigenvalue weighted by atomic mass is 32.2. The van der Waals surface area contributed by atoms with Gasteiger partial charge >= 0.3 is 0 Å². The van der Waals surface area contributed by atoms with Crippen LogP contribution in [0, 0.1) is 0 Å². The zero-order chi connectivity index (χ0) is 13.8. The molecule has 0 saturated heterocycles. The average Bonchev–Trinajstić information content (AvgIpc) is 2.89. The van der Waals surface area contributed by atoms with E-state index < -0.39 is 0 Å². The van der Waals surface area contributed by atoms with Gasteiger partial charge in [-0.3, -0.25) is 0 Å². The lowest BCUT2D eigenvalue weighted by Crippen LogP contribution is -2.14.